The van der Waals surface area contributed by atoms with Crippen LogP contribution in [0.2, 0.25) is 0 Å². The molecule has 1 saturated heterocycles. The molecule has 1 aromatic rings. The van der Waals surface area contributed by atoms with Gasteiger partial charge < -0.3 is 10.0 Å². The highest BCUT2D eigenvalue weighted by Gasteiger charge is 2.19. The smallest absolute Gasteiger partial charge is 0.255 e. The van der Waals surface area contributed by atoms with Crippen molar-refractivity contribution in [3.63, 3.8) is 0 Å². The van der Waals surface area contributed by atoms with Crippen LogP contribution in [0.5, 0.6) is 0 Å². The van der Waals surface area contributed by atoms with E-state index in [1.165, 1.54) is 18.2 Å². The number of amides is 1. The zero-order chi connectivity index (χ0) is 15.1. The molecule has 112 valence electrons. The largest absolute Gasteiger partial charge is 0.395 e. The van der Waals surface area contributed by atoms with Gasteiger partial charge in [0.25, 0.3) is 5.91 Å². The molecule has 0 aromatic heterocycles. The van der Waals surface area contributed by atoms with Crippen molar-refractivity contribution in [2.45, 2.75) is 32.1 Å². The molecule has 4 heteroatoms. The molecule has 0 bridgehead atoms. The van der Waals surface area contributed by atoms with Crippen molar-refractivity contribution in [1.82, 2.24) is 4.90 Å². The molecule has 3 nitrogen and oxygen atoms in total. The third-order valence-electron chi connectivity index (χ3n) is 3.57. The maximum atomic E-state index is 13.4. The molecule has 1 aliphatic heterocycles. The molecular formula is C17H20FNO2. The van der Waals surface area contributed by atoms with Crippen LogP contribution in [0.3, 0.4) is 0 Å². The van der Waals surface area contributed by atoms with E-state index in [0.717, 1.165) is 38.8 Å². The van der Waals surface area contributed by atoms with Crippen molar-refractivity contribution in [2.75, 3.05) is 19.7 Å². The number of benzene rings is 1. The summed E-state index contributed by atoms with van der Waals surface area (Å²) in [6.07, 6.45) is 4.64. The molecule has 21 heavy (non-hydrogen) atoms. The Bertz CT molecular complexity index is 552. The summed E-state index contributed by atoms with van der Waals surface area (Å²) in [7, 11) is 0. The second-order valence-electron chi connectivity index (χ2n) is 5.17. The Labute approximate surface area is 124 Å². The molecule has 1 aromatic carbocycles. The predicted molar refractivity (Wildman–Crippen MR) is 79.4 cm³/mol. The second-order valence-corrected chi connectivity index (χ2v) is 5.17. The van der Waals surface area contributed by atoms with Crippen LogP contribution in [0.1, 0.15) is 48.0 Å². The van der Waals surface area contributed by atoms with Gasteiger partial charge in [0.05, 0.1) is 12.2 Å². The summed E-state index contributed by atoms with van der Waals surface area (Å²) in [5.74, 6) is 5.06. The van der Waals surface area contributed by atoms with Crippen molar-refractivity contribution in [3.8, 4) is 11.8 Å². The number of aliphatic hydroxyl groups excluding tert-OH is 1. The van der Waals surface area contributed by atoms with Crippen LogP contribution in [0.25, 0.3) is 0 Å². The summed E-state index contributed by atoms with van der Waals surface area (Å²) in [6.45, 7) is 1.46. The van der Waals surface area contributed by atoms with Crippen molar-refractivity contribution in [2.24, 2.45) is 0 Å². The topological polar surface area (TPSA) is 40.5 Å². The molecule has 1 aliphatic rings. The molecular weight excluding hydrogens is 269 g/mol. The number of aliphatic hydroxyl groups is 1. The first-order chi connectivity index (χ1) is 10.2. The number of hydrogen-bond acceptors (Lipinski definition) is 2. The number of carbonyl (C=O) groups excluding carboxylic acids is 1. The summed E-state index contributed by atoms with van der Waals surface area (Å²) in [5, 5.41) is 8.76. The van der Waals surface area contributed by atoms with Gasteiger partial charge in [-0.1, -0.05) is 24.7 Å². The number of halogens is 1. The first-order valence-electron chi connectivity index (χ1n) is 7.41. The van der Waals surface area contributed by atoms with E-state index < -0.39 is 5.82 Å². The third-order valence-corrected chi connectivity index (χ3v) is 3.57. The van der Waals surface area contributed by atoms with E-state index in [2.05, 4.69) is 11.8 Å². The Balaban J connectivity index is 2.25. The Kier molecular flexibility index (Phi) is 5.77. The Morgan fingerprint density at radius 1 is 1.24 bits per heavy atom. The Morgan fingerprint density at radius 2 is 1.95 bits per heavy atom. The van der Waals surface area contributed by atoms with Crippen molar-refractivity contribution < 1.29 is 14.3 Å². The highest BCUT2D eigenvalue weighted by molar-refractivity contribution is 5.96. The number of rotatable bonds is 2. The average molecular weight is 289 g/mol. The standard InChI is InChI=1S/C17H20FNO2/c18-15-8-9-16(14(13-15)7-3-6-12-20)17(21)19-10-4-1-2-5-11-19/h8-9,13,20H,1-2,4-6,10-12H2. The molecule has 0 atom stereocenters. The van der Waals surface area contributed by atoms with Crippen molar-refractivity contribution >= 4 is 5.91 Å². The van der Waals surface area contributed by atoms with Gasteiger partial charge in [-0.15, -0.1) is 0 Å². The minimum atomic E-state index is -0.407. The molecule has 1 fully saturated rings. The predicted octanol–water partition coefficient (Wildman–Crippen LogP) is 2.58. The van der Waals surface area contributed by atoms with E-state index in [4.69, 9.17) is 5.11 Å². The van der Waals surface area contributed by atoms with Gasteiger partial charge in [0, 0.05) is 25.1 Å². The summed E-state index contributed by atoms with van der Waals surface area (Å²) in [5.41, 5.74) is 0.849. The maximum absolute atomic E-state index is 13.4. The van der Waals surface area contributed by atoms with Gasteiger partial charge in [0.15, 0.2) is 0 Å². The first kappa shape index (κ1) is 15.5. The lowest BCUT2D eigenvalue weighted by Crippen LogP contribution is -2.32. The van der Waals surface area contributed by atoms with Gasteiger partial charge in [0.1, 0.15) is 5.82 Å². The van der Waals surface area contributed by atoms with E-state index in [0.29, 0.717) is 17.5 Å². The highest BCUT2D eigenvalue weighted by atomic mass is 19.1. The van der Waals surface area contributed by atoms with Crippen LogP contribution in [0, 0.1) is 17.7 Å². The van der Waals surface area contributed by atoms with E-state index in [9.17, 15) is 9.18 Å². The fraction of sp³-hybridized carbons (Fsp3) is 0.471. The maximum Gasteiger partial charge on any atom is 0.255 e. The molecule has 0 radical (unpaired) electrons. The van der Waals surface area contributed by atoms with Crippen molar-refractivity contribution in [3.05, 3.63) is 35.1 Å². The van der Waals surface area contributed by atoms with E-state index in [1.54, 1.807) is 0 Å². The first-order valence-corrected chi connectivity index (χ1v) is 7.41. The van der Waals surface area contributed by atoms with Crippen LogP contribution >= 0.6 is 0 Å². The van der Waals surface area contributed by atoms with Crippen LogP contribution in [-0.4, -0.2) is 35.6 Å². The lowest BCUT2D eigenvalue weighted by molar-refractivity contribution is 0.0761. The average Bonchev–Trinajstić information content (AvgIpc) is 2.76. The van der Waals surface area contributed by atoms with E-state index in [1.807, 2.05) is 4.90 Å². The van der Waals surface area contributed by atoms with Gasteiger partial charge in [-0.2, -0.15) is 0 Å². The van der Waals surface area contributed by atoms with Gasteiger partial charge in [-0.05, 0) is 31.0 Å². The Morgan fingerprint density at radius 3 is 2.62 bits per heavy atom. The molecule has 1 N–H and O–H groups in total. The lowest BCUT2D eigenvalue weighted by atomic mass is 10.1. The minimum Gasteiger partial charge on any atom is -0.395 e. The third kappa shape index (κ3) is 4.30. The zero-order valence-corrected chi connectivity index (χ0v) is 12.1. The molecule has 1 heterocycles. The summed E-state index contributed by atoms with van der Waals surface area (Å²) in [4.78, 5) is 14.4. The number of hydrogen-bond donors (Lipinski definition) is 1. The van der Waals surface area contributed by atoms with Crippen LogP contribution in [0.4, 0.5) is 4.39 Å². The molecule has 0 spiro atoms. The summed E-state index contributed by atoms with van der Waals surface area (Å²) < 4.78 is 13.4. The normalized spacial score (nSPS) is 15.0. The number of nitrogens with zero attached hydrogens (tertiary/aromatic N) is 1. The molecule has 1 amide bonds. The SMILES string of the molecule is O=C(c1ccc(F)cc1C#CCCO)N1CCCCCC1. The quantitative estimate of drug-likeness (QED) is 0.850. The van der Waals surface area contributed by atoms with E-state index >= 15 is 0 Å². The molecule has 0 aliphatic carbocycles. The number of carbonyl (C=O) groups is 1. The minimum absolute atomic E-state index is 0.0439. The van der Waals surface area contributed by atoms with Gasteiger partial charge in [0.2, 0.25) is 0 Å². The fourth-order valence-corrected chi connectivity index (χ4v) is 2.46. The molecule has 2 rings (SSSR count). The van der Waals surface area contributed by atoms with Crippen LogP contribution < -0.4 is 0 Å². The summed E-state index contributed by atoms with van der Waals surface area (Å²) >= 11 is 0. The summed E-state index contributed by atoms with van der Waals surface area (Å²) in [6, 6.07) is 4.09. The van der Waals surface area contributed by atoms with E-state index in [-0.39, 0.29) is 12.5 Å². The Hall–Kier alpha value is -1.86. The van der Waals surface area contributed by atoms with Crippen LogP contribution in [0.15, 0.2) is 18.2 Å². The molecule has 0 saturated carbocycles. The number of likely N-dealkylation sites (tertiary alicyclic amines) is 1. The fourth-order valence-electron chi connectivity index (χ4n) is 2.46. The second kappa shape index (κ2) is 7.80. The monoisotopic (exact) mass is 289 g/mol. The van der Waals surface area contributed by atoms with Gasteiger partial charge >= 0.3 is 0 Å². The van der Waals surface area contributed by atoms with Gasteiger partial charge in [-0.25, -0.2) is 4.39 Å². The zero-order valence-electron chi connectivity index (χ0n) is 12.1. The molecule has 0 unspecified atom stereocenters. The van der Waals surface area contributed by atoms with Crippen LogP contribution in [-0.2, 0) is 0 Å². The van der Waals surface area contributed by atoms with Gasteiger partial charge in [-0.3, -0.25) is 4.79 Å². The van der Waals surface area contributed by atoms with Crippen molar-refractivity contribution in [1.29, 1.82) is 0 Å². The lowest BCUT2D eigenvalue weighted by Gasteiger charge is -2.21. The highest BCUT2D eigenvalue weighted by Crippen LogP contribution is 2.17.